The second-order valence-corrected chi connectivity index (χ2v) is 7.52. The summed E-state index contributed by atoms with van der Waals surface area (Å²) in [6.07, 6.45) is 3.63. The molecule has 116 valence electrons. The van der Waals surface area contributed by atoms with Crippen molar-refractivity contribution in [2.45, 2.75) is 32.7 Å². The lowest BCUT2D eigenvalue weighted by Gasteiger charge is -2.15. The molecule has 0 aliphatic rings. The molecule has 0 aromatic carbocycles. The minimum absolute atomic E-state index is 0.228. The van der Waals surface area contributed by atoms with Gasteiger partial charge < -0.3 is 10.6 Å². The van der Waals surface area contributed by atoms with Crippen LogP contribution >= 0.6 is 11.3 Å². The molecule has 0 fully saturated rings. The Balaban J connectivity index is 2.16. The van der Waals surface area contributed by atoms with Gasteiger partial charge in [-0.15, -0.1) is 11.3 Å². The van der Waals surface area contributed by atoms with Crippen molar-refractivity contribution in [3.8, 4) is 0 Å². The van der Waals surface area contributed by atoms with Gasteiger partial charge in [0.25, 0.3) is 0 Å². The van der Waals surface area contributed by atoms with Crippen LogP contribution in [0.2, 0.25) is 0 Å². The van der Waals surface area contributed by atoms with E-state index in [1.165, 1.54) is 0 Å². The van der Waals surface area contributed by atoms with E-state index in [0.29, 0.717) is 11.7 Å². The highest BCUT2D eigenvalue weighted by molar-refractivity contribution is 7.84. The fourth-order valence-electron chi connectivity index (χ4n) is 1.93. The number of nitrogens with zero attached hydrogens (tertiary/aromatic N) is 2. The number of thiophene rings is 1. The van der Waals surface area contributed by atoms with Crippen molar-refractivity contribution in [3.63, 3.8) is 0 Å². The summed E-state index contributed by atoms with van der Waals surface area (Å²) in [5, 5.41) is 9.74. The lowest BCUT2D eigenvalue weighted by Crippen LogP contribution is -2.19. The quantitative estimate of drug-likeness (QED) is 0.780. The lowest BCUT2D eigenvalue weighted by atomic mass is 10.2. The Bertz CT molecular complexity index is 614. The van der Waals surface area contributed by atoms with Crippen LogP contribution in [-0.4, -0.2) is 38.8 Å². The zero-order valence-electron chi connectivity index (χ0n) is 12.7. The van der Waals surface area contributed by atoms with E-state index in [1.807, 2.05) is 11.4 Å². The summed E-state index contributed by atoms with van der Waals surface area (Å²) < 4.78 is 11.2. The van der Waals surface area contributed by atoms with Crippen LogP contribution in [0.1, 0.15) is 26.7 Å². The SMILES string of the molecule is CCCNc1nc(NC(C)CCS(C)=O)c2ccsc2n1. The molecule has 2 aromatic heterocycles. The standard InChI is InChI=1S/C14H22N4OS2/c1-4-7-15-14-17-12(11-5-8-20-13(11)18-14)16-10(2)6-9-21(3)19/h5,8,10H,4,6-7,9H2,1-3H3,(H2,15,16,17,18). The lowest BCUT2D eigenvalue weighted by molar-refractivity contribution is 0.678. The minimum Gasteiger partial charge on any atom is -0.367 e. The first-order valence-electron chi connectivity index (χ1n) is 7.15. The summed E-state index contributed by atoms with van der Waals surface area (Å²) in [5.74, 6) is 2.22. The molecule has 0 radical (unpaired) electrons. The van der Waals surface area contributed by atoms with Gasteiger partial charge in [-0.05, 0) is 31.2 Å². The van der Waals surface area contributed by atoms with Crippen LogP contribution < -0.4 is 10.6 Å². The fourth-order valence-corrected chi connectivity index (χ4v) is 3.38. The maximum atomic E-state index is 11.2. The maximum absolute atomic E-state index is 11.2. The number of rotatable bonds is 8. The number of hydrogen-bond acceptors (Lipinski definition) is 6. The monoisotopic (exact) mass is 326 g/mol. The van der Waals surface area contributed by atoms with E-state index >= 15 is 0 Å². The van der Waals surface area contributed by atoms with Gasteiger partial charge in [-0.1, -0.05) is 6.92 Å². The molecule has 2 N–H and O–H groups in total. The Morgan fingerprint density at radius 1 is 1.43 bits per heavy atom. The molecule has 0 bridgehead atoms. The molecule has 2 unspecified atom stereocenters. The number of aromatic nitrogens is 2. The smallest absolute Gasteiger partial charge is 0.226 e. The molecule has 0 amide bonds. The van der Waals surface area contributed by atoms with Crippen molar-refractivity contribution in [3.05, 3.63) is 11.4 Å². The van der Waals surface area contributed by atoms with E-state index in [4.69, 9.17) is 0 Å². The van der Waals surface area contributed by atoms with Crippen LogP contribution in [0.15, 0.2) is 11.4 Å². The maximum Gasteiger partial charge on any atom is 0.226 e. The molecule has 0 saturated heterocycles. The predicted octanol–water partition coefficient (Wildman–Crippen LogP) is 3.08. The molecule has 2 rings (SSSR count). The van der Waals surface area contributed by atoms with Crippen LogP contribution in [0.25, 0.3) is 10.2 Å². The van der Waals surface area contributed by atoms with Crippen molar-refractivity contribution >= 4 is 44.1 Å². The summed E-state index contributed by atoms with van der Waals surface area (Å²) in [6.45, 7) is 5.07. The predicted molar refractivity (Wildman–Crippen MR) is 92.8 cm³/mol. The van der Waals surface area contributed by atoms with Gasteiger partial charge in [0.05, 0.1) is 5.39 Å². The molecule has 21 heavy (non-hydrogen) atoms. The van der Waals surface area contributed by atoms with E-state index in [2.05, 4.69) is 34.4 Å². The van der Waals surface area contributed by atoms with Gasteiger partial charge in [-0.3, -0.25) is 4.21 Å². The normalized spacial score (nSPS) is 14.0. The van der Waals surface area contributed by atoms with Crippen molar-refractivity contribution in [1.82, 2.24) is 9.97 Å². The Kier molecular flexibility index (Phi) is 5.93. The van der Waals surface area contributed by atoms with E-state index < -0.39 is 10.8 Å². The van der Waals surface area contributed by atoms with E-state index in [9.17, 15) is 4.21 Å². The third-order valence-electron chi connectivity index (χ3n) is 3.08. The van der Waals surface area contributed by atoms with Gasteiger partial charge in [0, 0.05) is 35.4 Å². The Labute approximate surface area is 132 Å². The van der Waals surface area contributed by atoms with Gasteiger partial charge in [0.1, 0.15) is 10.6 Å². The zero-order valence-corrected chi connectivity index (χ0v) is 14.3. The second-order valence-electron chi connectivity index (χ2n) is 5.07. The van der Waals surface area contributed by atoms with E-state index in [0.717, 1.165) is 35.4 Å². The molecule has 2 heterocycles. The molecular formula is C14H22N4OS2. The first-order chi connectivity index (χ1) is 10.1. The van der Waals surface area contributed by atoms with Crippen molar-refractivity contribution in [1.29, 1.82) is 0 Å². The van der Waals surface area contributed by atoms with Gasteiger partial charge in [-0.25, -0.2) is 4.98 Å². The van der Waals surface area contributed by atoms with E-state index in [-0.39, 0.29) is 6.04 Å². The molecule has 2 atom stereocenters. The van der Waals surface area contributed by atoms with Crippen LogP contribution in [-0.2, 0) is 10.8 Å². The summed E-state index contributed by atoms with van der Waals surface area (Å²) in [4.78, 5) is 10.1. The fraction of sp³-hybridized carbons (Fsp3) is 0.571. The third-order valence-corrected chi connectivity index (χ3v) is 4.70. The van der Waals surface area contributed by atoms with Crippen molar-refractivity contribution in [2.24, 2.45) is 0 Å². The Hall–Kier alpha value is -1.21. The topological polar surface area (TPSA) is 66.9 Å². The molecule has 7 heteroatoms. The molecule has 0 spiro atoms. The largest absolute Gasteiger partial charge is 0.367 e. The molecule has 0 aliphatic carbocycles. The Morgan fingerprint density at radius 2 is 2.24 bits per heavy atom. The summed E-state index contributed by atoms with van der Waals surface area (Å²) >= 11 is 1.61. The first kappa shape index (κ1) is 16.2. The molecule has 0 aliphatic heterocycles. The molecule has 5 nitrogen and oxygen atoms in total. The van der Waals surface area contributed by atoms with Gasteiger partial charge in [-0.2, -0.15) is 4.98 Å². The summed E-state index contributed by atoms with van der Waals surface area (Å²) in [6, 6.07) is 2.27. The number of anilines is 2. The number of hydrogen-bond donors (Lipinski definition) is 2. The second kappa shape index (κ2) is 7.70. The molecular weight excluding hydrogens is 304 g/mol. The van der Waals surface area contributed by atoms with Crippen LogP contribution in [0.4, 0.5) is 11.8 Å². The van der Waals surface area contributed by atoms with Gasteiger partial charge in [0.15, 0.2) is 0 Å². The minimum atomic E-state index is -0.755. The first-order valence-corrected chi connectivity index (χ1v) is 9.76. The van der Waals surface area contributed by atoms with Crippen molar-refractivity contribution < 1.29 is 4.21 Å². The average molecular weight is 326 g/mol. The van der Waals surface area contributed by atoms with Crippen LogP contribution in [0.5, 0.6) is 0 Å². The highest BCUT2D eigenvalue weighted by Gasteiger charge is 2.11. The van der Waals surface area contributed by atoms with Crippen LogP contribution in [0.3, 0.4) is 0 Å². The highest BCUT2D eigenvalue weighted by Crippen LogP contribution is 2.27. The van der Waals surface area contributed by atoms with Gasteiger partial charge >= 0.3 is 0 Å². The molecule has 0 saturated carbocycles. The summed E-state index contributed by atoms with van der Waals surface area (Å²) in [7, 11) is -0.755. The highest BCUT2D eigenvalue weighted by atomic mass is 32.2. The van der Waals surface area contributed by atoms with Gasteiger partial charge in [0.2, 0.25) is 5.95 Å². The number of nitrogens with one attached hydrogen (secondary N) is 2. The Morgan fingerprint density at radius 3 is 2.95 bits per heavy atom. The van der Waals surface area contributed by atoms with Crippen LogP contribution in [0, 0.1) is 0 Å². The molecule has 2 aromatic rings. The zero-order chi connectivity index (χ0) is 15.2. The van der Waals surface area contributed by atoms with Crippen molar-refractivity contribution in [2.75, 3.05) is 29.2 Å². The number of fused-ring (bicyclic) bond motifs is 1. The average Bonchev–Trinajstić information content (AvgIpc) is 2.91. The third kappa shape index (κ3) is 4.64. The van der Waals surface area contributed by atoms with E-state index in [1.54, 1.807) is 17.6 Å². The summed E-state index contributed by atoms with van der Waals surface area (Å²) in [5.41, 5.74) is 0.